The molecule has 0 unspecified atom stereocenters. The van der Waals surface area contributed by atoms with E-state index in [0.29, 0.717) is 23.4 Å². The zero-order chi connectivity index (χ0) is 23.0. The molecule has 2 fully saturated rings. The Bertz CT molecular complexity index is 620. The first kappa shape index (κ1) is 26.0. The summed E-state index contributed by atoms with van der Waals surface area (Å²) < 4.78 is 7.03. The van der Waals surface area contributed by atoms with Gasteiger partial charge in [-0.2, -0.15) is 0 Å². The van der Waals surface area contributed by atoms with Crippen LogP contribution in [-0.2, 0) is 4.43 Å². The van der Waals surface area contributed by atoms with E-state index < -0.39 is 13.9 Å². The van der Waals surface area contributed by atoms with Gasteiger partial charge in [0.25, 0.3) is 0 Å². The van der Waals surface area contributed by atoms with Crippen LogP contribution in [0.5, 0.6) is 0 Å². The number of fused-ring (bicyclic) bond motifs is 1. The molecule has 0 radical (unpaired) electrons. The van der Waals surface area contributed by atoms with Gasteiger partial charge in [0.15, 0.2) is 8.32 Å². The smallest absolute Gasteiger partial charge is 0.192 e. The fraction of sp³-hybridized carbons (Fsp3) is 0.926. The van der Waals surface area contributed by atoms with Crippen molar-refractivity contribution in [2.24, 2.45) is 22.7 Å². The first-order valence-electron chi connectivity index (χ1n) is 12.4. The van der Waals surface area contributed by atoms with Crippen LogP contribution in [0.4, 0.5) is 0 Å². The van der Waals surface area contributed by atoms with Crippen molar-refractivity contribution in [1.29, 1.82) is 0 Å². The van der Waals surface area contributed by atoms with Gasteiger partial charge in [-0.1, -0.05) is 47.5 Å². The molecule has 0 aromatic carbocycles. The molecule has 0 heterocycles. The topological polar surface area (TPSA) is 29.5 Å². The van der Waals surface area contributed by atoms with Crippen molar-refractivity contribution in [2.75, 3.05) is 0 Å². The van der Waals surface area contributed by atoms with Gasteiger partial charge in [-0.05, 0) is 93.2 Å². The van der Waals surface area contributed by atoms with E-state index in [0.717, 1.165) is 25.7 Å². The van der Waals surface area contributed by atoms with Crippen LogP contribution in [-0.4, -0.2) is 25.1 Å². The van der Waals surface area contributed by atoms with Crippen LogP contribution >= 0.6 is 0 Å². The molecule has 2 aliphatic rings. The van der Waals surface area contributed by atoms with E-state index in [4.69, 9.17) is 10.8 Å². The number of hydrogen-bond donors (Lipinski definition) is 1. The largest absolute Gasteiger partial charge is 0.414 e. The molecule has 2 nitrogen and oxygen atoms in total. The first-order valence-corrected chi connectivity index (χ1v) is 15.3. The number of hydrogen-bond acceptors (Lipinski definition) is 2. The van der Waals surface area contributed by atoms with E-state index in [1.54, 1.807) is 0 Å². The van der Waals surface area contributed by atoms with E-state index in [9.17, 15) is 5.11 Å². The van der Waals surface area contributed by atoms with Crippen LogP contribution in [0.2, 0.25) is 18.1 Å². The molecule has 5 atom stereocenters. The first-order chi connectivity index (χ1) is 13.6. The summed E-state index contributed by atoms with van der Waals surface area (Å²) in [5.41, 5.74) is -0.111. The molecule has 1 N–H and O–H groups in total. The van der Waals surface area contributed by atoms with Crippen molar-refractivity contribution in [3.05, 3.63) is 0 Å². The van der Waals surface area contributed by atoms with E-state index >= 15 is 0 Å². The second-order valence-electron chi connectivity index (χ2n) is 13.3. The highest BCUT2D eigenvalue weighted by atomic mass is 28.4. The molecule has 0 saturated heterocycles. The maximum atomic E-state index is 10.2. The van der Waals surface area contributed by atoms with Crippen LogP contribution in [0.1, 0.15) is 106 Å². The fourth-order valence-electron chi connectivity index (χ4n) is 6.50. The Labute approximate surface area is 189 Å². The maximum Gasteiger partial charge on any atom is 0.192 e. The molecule has 3 heteroatoms. The maximum absolute atomic E-state index is 10.2. The minimum atomic E-state index is -1.77. The van der Waals surface area contributed by atoms with Crippen molar-refractivity contribution in [3.63, 3.8) is 0 Å². The van der Waals surface area contributed by atoms with Gasteiger partial charge < -0.3 is 9.53 Å². The van der Waals surface area contributed by atoms with Crippen LogP contribution in [0, 0.1) is 35.0 Å². The minimum Gasteiger partial charge on any atom is -0.414 e. The van der Waals surface area contributed by atoms with E-state index in [1.807, 2.05) is 13.8 Å². The van der Waals surface area contributed by atoms with Gasteiger partial charge in [-0.15, -0.1) is 12.3 Å². The van der Waals surface area contributed by atoms with E-state index in [1.165, 1.54) is 32.1 Å². The fourth-order valence-corrected chi connectivity index (χ4v) is 7.90. The van der Waals surface area contributed by atoms with Crippen molar-refractivity contribution >= 4 is 8.32 Å². The van der Waals surface area contributed by atoms with E-state index in [-0.39, 0.29) is 10.5 Å². The summed E-state index contributed by atoms with van der Waals surface area (Å²) in [7, 11) is -1.77. The lowest BCUT2D eigenvalue weighted by molar-refractivity contribution is -0.0444. The lowest BCUT2D eigenvalue weighted by Gasteiger charge is -2.52. The molecule has 2 rings (SSSR count). The van der Waals surface area contributed by atoms with Gasteiger partial charge in [-0.3, -0.25) is 0 Å². The Hall–Kier alpha value is -0.303. The Morgan fingerprint density at radius 3 is 2.23 bits per heavy atom. The zero-order valence-corrected chi connectivity index (χ0v) is 22.5. The van der Waals surface area contributed by atoms with Crippen molar-refractivity contribution in [3.8, 4) is 12.3 Å². The molecule has 0 aromatic heterocycles. The average molecular weight is 435 g/mol. The normalized spacial score (nSPS) is 32.4. The molecule has 0 aliphatic heterocycles. The Morgan fingerprint density at radius 1 is 1.07 bits per heavy atom. The van der Waals surface area contributed by atoms with E-state index in [2.05, 4.69) is 53.6 Å². The average Bonchev–Trinajstić information content (AvgIpc) is 2.91. The standard InChI is InChI=1S/C27H50O2Si/c1-11-17-26(7,19-13-18-25(5,6)28)23-16-15-21-22(14-12-20-27(21,23)8)29-30(9,10)24(2,3)4/h1,21-23,28H,12-20H2,2-10H3/t21-,22-,23+,26-,27-/m0/s1. The third-order valence-electron chi connectivity index (χ3n) is 9.20. The van der Waals surface area contributed by atoms with Gasteiger partial charge in [0.05, 0.1) is 5.60 Å². The Kier molecular flexibility index (Phi) is 7.71. The second kappa shape index (κ2) is 8.91. The molecular formula is C27H50O2Si. The predicted octanol–water partition coefficient (Wildman–Crippen LogP) is 7.56. The summed E-state index contributed by atoms with van der Waals surface area (Å²) in [6.07, 6.45) is 16.5. The van der Waals surface area contributed by atoms with Gasteiger partial charge in [-0.25, -0.2) is 0 Å². The molecule has 0 aromatic rings. The summed E-state index contributed by atoms with van der Waals surface area (Å²) in [6, 6.07) is 0. The van der Waals surface area contributed by atoms with Crippen LogP contribution in [0.15, 0.2) is 0 Å². The molecule has 0 spiro atoms. The molecule has 2 aliphatic carbocycles. The van der Waals surface area contributed by atoms with Crippen LogP contribution < -0.4 is 0 Å². The molecule has 30 heavy (non-hydrogen) atoms. The monoisotopic (exact) mass is 434 g/mol. The molecule has 2 saturated carbocycles. The molecule has 0 amide bonds. The van der Waals surface area contributed by atoms with Crippen molar-refractivity contribution in [1.82, 2.24) is 0 Å². The SMILES string of the molecule is C#CC[C@@](C)(CCCC(C)(C)O)[C@H]1CC[C@H]2[C@@H](O[Si](C)(C)C(C)(C)C)CCC[C@]12C. The minimum absolute atomic E-state index is 0.155. The Balaban J connectivity index is 2.22. The zero-order valence-electron chi connectivity index (χ0n) is 21.5. The van der Waals surface area contributed by atoms with Gasteiger partial charge >= 0.3 is 0 Å². The number of rotatable bonds is 8. The summed E-state index contributed by atoms with van der Waals surface area (Å²) in [6.45, 7) is 20.7. The third-order valence-corrected chi connectivity index (χ3v) is 13.7. The lowest BCUT2D eigenvalue weighted by atomic mass is 9.56. The highest BCUT2D eigenvalue weighted by Gasteiger charge is 2.57. The predicted molar refractivity (Wildman–Crippen MR) is 132 cm³/mol. The van der Waals surface area contributed by atoms with Gasteiger partial charge in [0.2, 0.25) is 0 Å². The van der Waals surface area contributed by atoms with Crippen LogP contribution in [0.3, 0.4) is 0 Å². The molecular weight excluding hydrogens is 384 g/mol. The van der Waals surface area contributed by atoms with Crippen LogP contribution in [0.25, 0.3) is 0 Å². The summed E-state index contributed by atoms with van der Waals surface area (Å²) in [4.78, 5) is 0. The second-order valence-corrected chi connectivity index (χ2v) is 18.0. The Morgan fingerprint density at radius 2 is 1.70 bits per heavy atom. The highest BCUT2D eigenvalue weighted by molar-refractivity contribution is 6.74. The quantitative estimate of drug-likeness (QED) is 0.315. The summed E-state index contributed by atoms with van der Waals surface area (Å²) in [5, 5.41) is 10.5. The molecule has 174 valence electrons. The van der Waals surface area contributed by atoms with Crippen molar-refractivity contribution < 1.29 is 9.53 Å². The van der Waals surface area contributed by atoms with Crippen molar-refractivity contribution in [2.45, 2.75) is 136 Å². The number of terminal acetylenes is 1. The third kappa shape index (κ3) is 5.54. The summed E-state index contributed by atoms with van der Waals surface area (Å²) in [5.74, 6) is 4.34. The highest BCUT2D eigenvalue weighted by Crippen LogP contribution is 2.63. The van der Waals surface area contributed by atoms with Gasteiger partial charge in [0, 0.05) is 12.5 Å². The number of aliphatic hydroxyl groups is 1. The lowest BCUT2D eigenvalue weighted by Crippen LogP contribution is -2.51. The molecule has 0 bridgehead atoms. The van der Waals surface area contributed by atoms with Gasteiger partial charge in [0.1, 0.15) is 0 Å². The summed E-state index contributed by atoms with van der Waals surface area (Å²) >= 11 is 0.